The lowest BCUT2D eigenvalue weighted by Crippen LogP contribution is -2.33. The molecule has 0 spiro atoms. The van der Waals surface area contributed by atoms with Gasteiger partial charge in [0.25, 0.3) is 11.8 Å². The van der Waals surface area contributed by atoms with Crippen molar-refractivity contribution in [1.29, 1.82) is 0 Å². The van der Waals surface area contributed by atoms with Crippen molar-refractivity contribution in [1.82, 2.24) is 9.88 Å². The topological polar surface area (TPSA) is 73.4 Å². The van der Waals surface area contributed by atoms with Gasteiger partial charge in [-0.3, -0.25) is 14.5 Å². The molecule has 0 radical (unpaired) electrons. The summed E-state index contributed by atoms with van der Waals surface area (Å²) in [5.41, 5.74) is 4.66. The fourth-order valence-electron chi connectivity index (χ4n) is 3.67. The van der Waals surface area contributed by atoms with Crippen molar-refractivity contribution in [2.45, 2.75) is 20.3 Å². The fraction of sp³-hybridized carbons (Fsp3) is 0.182. The Morgan fingerprint density at radius 3 is 2.59 bits per heavy atom. The standard InChI is InChI=1S/C22H20N2O3/c1-13-7-8-16(14(2)11-13)19-20(25)22(27)24(21(19)26)10-9-15-12-23-18-6-4-3-5-17(15)18/h3-8,11-12,23,25H,9-10H2,1-2H3. The van der Waals surface area contributed by atoms with E-state index in [2.05, 4.69) is 4.98 Å². The number of aromatic nitrogens is 1. The van der Waals surface area contributed by atoms with E-state index in [0.717, 1.165) is 32.5 Å². The highest BCUT2D eigenvalue weighted by atomic mass is 16.3. The third-order valence-corrected chi connectivity index (χ3v) is 5.07. The van der Waals surface area contributed by atoms with Crippen molar-refractivity contribution in [2.75, 3.05) is 6.54 Å². The van der Waals surface area contributed by atoms with Crippen LogP contribution in [0.5, 0.6) is 0 Å². The summed E-state index contributed by atoms with van der Waals surface area (Å²) in [6, 6.07) is 13.5. The van der Waals surface area contributed by atoms with Crippen LogP contribution in [0, 0.1) is 13.8 Å². The number of aliphatic hydroxyl groups excluding tert-OH is 1. The molecule has 1 aliphatic rings. The second-order valence-electron chi connectivity index (χ2n) is 6.91. The first kappa shape index (κ1) is 17.1. The van der Waals surface area contributed by atoms with Gasteiger partial charge in [0.15, 0.2) is 5.76 Å². The number of hydrogen-bond acceptors (Lipinski definition) is 3. The Morgan fingerprint density at radius 2 is 1.81 bits per heavy atom. The maximum atomic E-state index is 12.9. The van der Waals surface area contributed by atoms with Gasteiger partial charge < -0.3 is 10.1 Å². The molecular weight excluding hydrogens is 340 g/mol. The molecule has 2 amide bonds. The first-order valence-corrected chi connectivity index (χ1v) is 8.89. The molecule has 0 fully saturated rings. The number of aryl methyl sites for hydroxylation is 2. The van der Waals surface area contributed by atoms with E-state index in [1.54, 1.807) is 6.07 Å². The Labute approximate surface area is 156 Å². The quantitative estimate of drug-likeness (QED) is 0.697. The van der Waals surface area contributed by atoms with E-state index < -0.39 is 17.6 Å². The first-order chi connectivity index (χ1) is 13.0. The van der Waals surface area contributed by atoms with E-state index in [4.69, 9.17) is 0 Å². The molecule has 27 heavy (non-hydrogen) atoms. The van der Waals surface area contributed by atoms with Crippen LogP contribution in [0.1, 0.15) is 22.3 Å². The molecule has 0 bridgehead atoms. The lowest BCUT2D eigenvalue weighted by atomic mass is 9.98. The number of rotatable bonds is 4. The maximum absolute atomic E-state index is 12.9. The molecule has 2 heterocycles. The zero-order valence-electron chi connectivity index (χ0n) is 15.2. The highest BCUT2D eigenvalue weighted by Gasteiger charge is 2.39. The number of amides is 2. The second-order valence-corrected chi connectivity index (χ2v) is 6.91. The van der Waals surface area contributed by atoms with Crippen LogP contribution in [0.15, 0.2) is 54.4 Å². The summed E-state index contributed by atoms with van der Waals surface area (Å²) in [5.74, 6) is -1.54. The summed E-state index contributed by atoms with van der Waals surface area (Å²) < 4.78 is 0. The van der Waals surface area contributed by atoms with Gasteiger partial charge in [0.1, 0.15) is 0 Å². The molecule has 0 saturated heterocycles. The molecule has 5 heteroatoms. The van der Waals surface area contributed by atoms with Crippen LogP contribution in [0.25, 0.3) is 16.5 Å². The summed E-state index contributed by atoms with van der Waals surface area (Å²) >= 11 is 0. The van der Waals surface area contributed by atoms with Gasteiger partial charge in [-0.2, -0.15) is 0 Å². The van der Waals surface area contributed by atoms with E-state index >= 15 is 0 Å². The van der Waals surface area contributed by atoms with Gasteiger partial charge in [-0.25, -0.2) is 0 Å². The zero-order chi connectivity index (χ0) is 19.1. The van der Waals surface area contributed by atoms with E-state index in [1.807, 2.05) is 56.4 Å². The number of nitrogens with zero attached hydrogens (tertiary/aromatic N) is 1. The van der Waals surface area contributed by atoms with Gasteiger partial charge in [0, 0.05) is 23.6 Å². The van der Waals surface area contributed by atoms with Gasteiger partial charge in [-0.05, 0) is 43.0 Å². The number of nitrogens with one attached hydrogen (secondary N) is 1. The number of benzene rings is 2. The second kappa shape index (κ2) is 6.43. The van der Waals surface area contributed by atoms with Gasteiger partial charge in [-0.15, -0.1) is 0 Å². The van der Waals surface area contributed by atoms with Crippen LogP contribution in [0.4, 0.5) is 0 Å². The zero-order valence-corrected chi connectivity index (χ0v) is 15.2. The van der Waals surface area contributed by atoms with E-state index in [1.165, 1.54) is 0 Å². The molecule has 0 saturated carbocycles. The van der Waals surface area contributed by atoms with Crippen molar-refractivity contribution in [2.24, 2.45) is 0 Å². The van der Waals surface area contributed by atoms with Crippen molar-refractivity contribution in [3.8, 4) is 0 Å². The predicted octanol–water partition coefficient (Wildman–Crippen LogP) is 3.67. The Bertz CT molecular complexity index is 1110. The van der Waals surface area contributed by atoms with Crippen LogP contribution in [-0.4, -0.2) is 33.3 Å². The smallest absolute Gasteiger partial charge is 0.296 e. The third kappa shape index (κ3) is 2.81. The molecule has 0 aliphatic carbocycles. The van der Waals surface area contributed by atoms with E-state index in [0.29, 0.717) is 12.0 Å². The Balaban J connectivity index is 1.59. The fourth-order valence-corrected chi connectivity index (χ4v) is 3.67. The van der Waals surface area contributed by atoms with Crippen molar-refractivity contribution in [3.05, 3.63) is 76.7 Å². The summed E-state index contributed by atoms with van der Waals surface area (Å²) in [5, 5.41) is 11.4. The largest absolute Gasteiger partial charge is 0.502 e. The lowest BCUT2D eigenvalue weighted by molar-refractivity contribution is -0.138. The Hall–Kier alpha value is -3.34. The van der Waals surface area contributed by atoms with Crippen molar-refractivity contribution < 1.29 is 14.7 Å². The number of H-pyrrole nitrogens is 1. The number of hydrogen-bond donors (Lipinski definition) is 2. The van der Waals surface area contributed by atoms with Crippen molar-refractivity contribution >= 4 is 28.3 Å². The summed E-state index contributed by atoms with van der Waals surface area (Å²) in [6.07, 6.45) is 2.42. The first-order valence-electron chi connectivity index (χ1n) is 8.89. The van der Waals surface area contributed by atoms with Gasteiger partial charge in [-0.1, -0.05) is 42.0 Å². The van der Waals surface area contributed by atoms with Crippen molar-refractivity contribution in [3.63, 3.8) is 0 Å². The molecular formula is C22H20N2O3. The molecule has 3 aromatic rings. The molecule has 1 aliphatic heterocycles. The van der Waals surface area contributed by atoms with Gasteiger partial charge >= 0.3 is 0 Å². The number of aromatic amines is 1. The van der Waals surface area contributed by atoms with Crippen LogP contribution in [0.2, 0.25) is 0 Å². The highest BCUT2D eigenvalue weighted by Crippen LogP contribution is 2.31. The van der Waals surface area contributed by atoms with Crippen LogP contribution in [-0.2, 0) is 16.0 Å². The lowest BCUT2D eigenvalue weighted by Gasteiger charge is -2.14. The van der Waals surface area contributed by atoms with Crippen LogP contribution < -0.4 is 0 Å². The predicted molar refractivity (Wildman–Crippen MR) is 104 cm³/mol. The van der Waals surface area contributed by atoms with Gasteiger partial charge in [0.2, 0.25) is 0 Å². The average molecular weight is 360 g/mol. The number of fused-ring (bicyclic) bond motifs is 1. The molecule has 1 aromatic heterocycles. The SMILES string of the molecule is Cc1ccc(C2=C(O)C(=O)N(CCc3c[nH]c4ccccc34)C2=O)c(C)c1. The average Bonchev–Trinajstić information content (AvgIpc) is 3.14. The maximum Gasteiger partial charge on any atom is 0.296 e. The molecule has 0 unspecified atom stereocenters. The van der Waals surface area contributed by atoms with Crippen LogP contribution >= 0.6 is 0 Å². The monoisotopic (exact) mass is 360 g/mol. The van der Waals surface area contributed by atoms with Gasteiger partial charge in [0.05, 0.1) is 5.57 Å². The minimum absolute atomic E-state index is 0.0939. The third-order valence-electron chi connectivity index (χ3n) is 5.07. The normalized spacial score (nSPS) is 14.7. The summed E-state index contributed by atoms with van der Waals surface area (Å²) in [7, 11) is 0. The number of imide groups is 1. The molecule has 136 valence electrons. The number of para-hydroxylation sites is 1. The molecule has 4 rings (SSSR count). The highest BCUT2D eigenvalue weighted by molar-refractivity contribution is 6.35. The van der Waals surface area contributed by atoms with E-state index in [-0.39, 0.29) is 12.1 Å². The summed E-state index contributed by atoms with van der Waals surface area (Å²) in [6.45, 7) is 4.05. The Morgan fingerprint density at radius 1 is 1.04 bits per heavy atom. The molecule has 5 nitrogen and oxygen atoms in total. The molecule has 2 aromatic carbocycles. The minimum Gasteiger partial charge on any atom is -0.502 e. The summed E-state index contributed by atoms with van der Waals surface area (Å²) in [4.78, 5) is 29.7. The number of aliphatic hydroxyl groups is 1. The Kier molecular flexibility index (Phi) is 4.07. The molecule has 0 atom stereocenters. The minimum atomic E-state index is -0.630. The molecule has 2 N–H and O–H groups in total. The van der Waals surface area contributed by atoms with E-state index in [9.17, 15) is 14.7 Å². The number of carbonyl (C=O) groups is 2. The van der Waals surface area contributed by atoms with Crippen LogP contribution in [0.3, 0.4) is 0 Å². The number of carbonyl (C=O) groups excluding carboxylic acids is 2.